The first kappa shape index (κ1) is 19.2. The van der Waals surface area contributed by atoms with Gasteiger partial charge in [-0.3, -0.25) is 9.59 Å². The molecule has 0 bridgehead atoms. The van der Waals surface area contributed by atoms with E-state index in [1.165, 1.54) is 11.8 Å². The average Bonchev–Trinajstić information content (AvgIpc) is 3.20. The minimum absolute atomic E-state index is 0.0830. The molecule has 0 aliphatic rings. The number of rotatable bonds is 6. The number of aryl methyl sites for hydroxylation is 3. The molecule has 1 heterocycles. The van der Waals surface area contributed by atoms with Gasteiger partial charge < -0.3 is 19.8 Å². The van der Waals surface area contributed by atoms with E-state index in [1.807, 2.05) is 32.9 Å². The molecule has 0 fully saturated rings. The monoisotopic (exact) mass is 378 g/mol. The summed E-state index contributed by atoms with van der Waals surface area (Å²) < 4.78 is 10.7. The van der Waals surface area contributed by atoms with Crippen LogP contribution in [0.25, 0.3) is 0 Å². The molecule has 0 aliphatic heterocycles. The molecule has 144 valence electrons. The summed E-state index contributed by atoms with van der Waals surface area (Å²) in [5.41, 5.74) is 4.51. The van der Waals surface area contributed by atoms with Crippen LogP contribution in [0.4, 0.5) is 11.4 Å². The molecule has 0 unspecified atom stereocenters. The summed E-state index contributed by atoms with van der Waals surface area (Å²) in [7, 11) is 0. The van der Waals surface area contributed by atoms with E-state index in [4.69, 9.17) is 9.15 Å². The highest BCUT2D eigenvalue weighted by atomic mass is 16.5. The molecule has 6 heteroatoms. The van der Waals surface area contributed by atoms with Crippen molar-refractivity contribution in [1.82, 2.24) is 0 Å². The third kappa shape index (κ3) is 4.79. The van der Waals surface area contributed by atoms with Crippen molar-refractivity contribution in [3.05, 3.63) is 77.2 Å². The lowest BCUT2D eigenvalue weighted by molar-refractivity contribution is -0.118. The van der Waals surface area contributed by atoms with Crippen LogP contribution in [0.15, 0.2) is 59.2 Å². The van der Waals surface area contributed by atoms with Gasteiger partial charge in [0.15, 0.2) is 12.4 Å². The van der Waals surface area contributed by atoms with Gasteiger partial charge >= 0.3 is 0 Å². The Balaban J connectivity index is 1.53. The van der Waals surface area contributed by atoms with Gasteiger partial charge in [-0.2, -0.15) is 0 Å². The second-order valence-corrected chi connectivity index (χ2v) is 6.55. The van der Waals surface area contributed by atoms with Crippen molar-refractivity contribution in [3.8, 4) is 5.75 Å². The standard InChI is InChI=1S/C22H22N2O4/c1-14-11-16(3)20(12-15(14)2)28-13-21(25)23-17-6-8-18(9-7-17)24-22(26)19-5-4-10-27-19/h4-12H,13H2,1-3H3,(H,23,25)(H,24,26). The minimum Gasteiger partial charge on any atom is -0.483 e. The quantitative estimate of drug-likeness (QED) is 0.663. The molecule has 3 aromatic rings. The first-order chi connectivity index (χ1) is 13.4. The number of carbonyl (C=O) groups is 2. The lowest BCUT2D eigenvalue weighted by Crippen LogP contribution is -2.20. The minimum atomic E-state index is -0.334. The summed E-state index contributed by atoms with van der Waals surface area (Å²) in [5, 5.41) is 5.49. The van der Waals surface area contributed by atoms with E-state index < -0.39 is 0 Å². The van der Waals surface area contributed by atoms with Crippen molar-refractivity contribution in [2.75, 3.05) is 17.2 Å². The smallest absolute Gasteiger partial charge is 0.291 e. The largest absolute Gasteiger partial charge is 0.483 e. The van der Waals surface area contributed by atoms with Gasteiger partial charge in [0.05, 0.1) is 6.26 Å². The van der Waals surface area contributed by atoms with Gasteiger partial charge in [-0.15, -0.1) is 0 Å². The van der Waals surface area contributed by atoms with Crippen molar-refractivity contribution in [3.63, 3.8) is 0 Å². The molecule has 3 rings (SSSR count). The maximum atomic E-state index is 12.1. The fourth-order valence-corrected chi connectivity index (χ4v) is 2.67. The number of carbonyl (C=O) groups excluding carboxylic acids is 2. The van der Waals surface area contributed by atoms with Gasteiger partial charge in [0.25, 0.3) is 11.8 Å². The number of hydrogen-bond acceptors (Lipinski definition) is 4. The summed E-state index contributed by atoms with van der Waals surface area (Å²) in [5.74, 6) is 0.342. The predicted molar refractivity (Wildman–Crippen MR) is 108 cm³/mol. The Morgan fingerprint density at radius 1 is 0.893 bits per heavy atom. The Labute approximate surface area is 163 Å². The van der Waals surface area contributed by atoms with Gasteiger partial charge in [-0.25, -0.2) is 0 Å². The zero-order valence-electron chi connectivity index (χ0n) is 16.0. The van der Waals surface area contributed by atoms with Crippen molar-refractivity contribution in [2.45, 2.75) is 20.8 Å². The van der Waals surface area contributed by atoms with E-state index in [1.54, 1.807) is 36.4 Å². The summed E-state index contributed by atoms with van der Waals surface area (Å²) in [6.07, 6.45) is 1.44. The van der Waals surface area contributed by atoms with Crippen LogP contribution >= 0.6 is 0 Å². The molecule has 1 aromatic heterocycles. The third-order valence-electron chi connectivity index (χ3n) is 4.32. The zero-order valence-corrected chi connectivity index (χ0v) is 16.0. The molecule has 2 aromatic carbocycles. The predicted octanol–water partition coefficient (Wildman–Crippen LogP) is 4.47. The van der Waals surface area contributed by atoms with Crippen LogP contribution in [0.5, 0.6) is 5.75 Å². The fourth-order valence-electron chi connectivity index (χ4n) is 2.67. The molecule has 0 spiro atoms. The lowest BCUT2D eigenvalue weighted by atomic mass is 10.1. The van der Waals surface area contributed by atoms with E-state index in [-0.39, 0.29) is 24.2 Å². The first-order valence-electron chi connectivity index (χ1n) is 8.88. The van der Waals surface area contributed by atoms with Crippen molar-refractivity contribution in [1.29, 1.82) is 0 Å². The van der Waals surface area contributed by atoms with E-state index in [9.17, 15) is 9.59 Å². The first-order valence-corrected chi connectivity index (χ1v) is 8.88. The van der Waals surface area contributed by atoms with Gasteiger partial charge in [-0.05, 0) is 79.9 Å². The van der Waals surface area contributed by atoms with Gasteiger partial charge in [-0.1, -0.05) is 6.07 Å². The van der Waals surface area contributed by atoms with Crippen molar-refractivity contribution in [2.24, 2.45) is 0 Å². The Morgan fingerprint density at radius 2 is 1.54 bits per heavy atom. The molecule has 2 N–H and O–H groups in total. The van der Waals surface area contributed by atoms with E-state index >= 15 is 0 Å². The highest BCUT2D eigenvalue weighted by Gasteiger charge is 2.10. The van der Waals surface area contributed by atoms with Crippen LogP contribution in [0.1, 0.15) is 27.2 Å². The van der Waals surface area contributed by atoms with Gasteiger partial charge in [0, 0.05) is 11.4 Å². The number of benzene rings is 2. The summed E-state index contributed by atoms with van der Waals surface area (Å²) in [4.78, 5) is 24.1. The number of amides is 2. The topological polar surface area (TPSA) is 80.6 Å². The summed E-state index contributed by atoms with van der Waals surface area (Å²) in [6, 6.07) is 14.0. The molecule has 0 atom stereocenters. The molecular weight excluding hydrogens is 356 g/mol. The summed E-state index contributed by atoms with van der Waals surface area (Å²) >= 11 is 0. The van der Waals surface area contributed by atoms with Crippen LogP contribution in [0.2, 0.25) is 0 Å². The maximum Gasteiger partial charge on any atom is 0.291 e. The van der Waals surface area contributed by atoms with E-state index in [2.05, 4.69) is 10.6 Å². The number of anilines is 2. The van der Waals surface area contributed by atoms with Crippen LogP contribution < -0.4 is 15.4 Å². The Hall–Kier alpha value is -3.54. The zero-order chi connectivity index (χ0) is 20.1. The number of nitrogens with one attached hydrogen (secondary N) is 2. The summed E-state index contributed by atoms with van der Waals surface area (Å²) in [6.45, 7) is 5.92. The second-order valence-electron chi connectivity index (χ2n) is 6.55. The highest BCUT2D eigenvalue weighted by molar-refractivity contribution is 6.02. The number of ether oxygens (including phenoxy) is 1. The molecular formula is C22H22N2O4. The second kappa shape index (κ2) is 8.43. The SMILES string of the molecule is Cc1cc(C)c(OCC(=O)Nc2ccc(NC(=O)c3ccco3)cc2)cc1C. The molecule has 0 radical (unpaired) electrons. The van der Waals surface area contributed by atoms with Gasteiger partial charge in [0.2, 0.25) is 0 Å². The van der Waals surface area contributed by atoms with E-state index in [0.717, 1.165) is 11.1 Å². The van der Waals surface area contributed by atoms with Crippen molar-refractivity contribution < 1.29 is 18.7 Å². The maximum absolute atomic E-state index is 12.1. The van der Waals surface area contributed by atoms with Crippen LogP contribution in [-0.2, 0) is 4.79 Å². The molecule has 28 heavy (non-hydrogen) atoms. The van der Waals surface area contributed by atoms with Crippen molar-refractivity contribution >= 4 is 23.2 Å². The molecule has 6 nitrogen and oxygen atoms in total. The molecule has 0 aliphatic carbocycles. The van der Waals surface area contributed by atoms with Gasteiger partial charge in [0.1, 0.15) is 5.75 Å². The highest BCUT2D eigenvalue weighted by Crippen LogP contribution is 2.22. The number of furan rings is 1. The Kier molecular flexibility index (Phi) is 5.79. The Bertz CT molecular complexity index is 977. The molecule has 2 amide bonds. The third-order valence-corrected chi connectivity index (χ3v) is 4.32. The lowest BCUT2D eigenvalue weighted by Gasteiger charge is -2.12. The Morgan fingerprint density at radius 3 is 2.18 bits per heavy atom. The normalized spacial score (nSPS) is 10.4. The van der Waals surface area contributed by atoms with Crippen LogP contribution in [0, 0.1) is 20.8 Å². The van der Waals surface area contributed by atoms with E-state index in [0.29, 0.717) is 17.1 Å². The number of hydrogen-bond donors (Lipinski definition) is 2. The fraction of sp³-hybridized carbons (Fsp3) is 0.182. The van der Waals surface area contributed by atoms with Crippen LogP contribution in [0.3, 0.4) is 0 Å². The molecule has 0 saturated carbocycles. The van der Waals surface area contributed by atoms with Crippen LogP contribution in [-0.4, -0.2) is 18.4 Å². The molecule has 0 saturated heterocycles. The average molecular weight is 378 g/mol.